The second-order valence-corrected chi connectivity index (χ2v) is 8.00. The number of hydrogen-bond acceptors (Lipinski definition) is 6. The molecule has 28 heavy (non-hydrogen) atoms. The minimum Gasteiger partial charge on any atom is -0.463 e. The van der Waals surface area contributed by atoms with Gasteiger partial charge in [0.2, 0.25) is 0 Å². The lowest BCUT2D eigenvalue weighted by Gasteiger charge is -2.44. The fraction of sp³-hybridized carbons (Fsp3) is 0.571. The van der Waals surface area contributed by atoms with E-state index < -0.39 is 59.1 Å². The molecule has 0 spiro atoms. The van der Waals surface area contributed by atoms with Crippen LogP contribution in [0.5, 0.6) is 0 Å². The van der Waals surface area contributed by atoms with Crippen LogP contribution in [0.15, 0.2) is 24.3 Å². The second-order valence-electron chi connectivity index (χ2n) is 8.00. The second kappa shape index (κ2) is 8.39. The van der Waals surface area contributed by atoms with Crippen molar-refractivity contribution in [2.75, 3.05) is 0 Å². The third kappa shape index (κ3) is 4.76. The molecule has 154 valence electrons. The molecule has 6 nitrogen and oxygen atoms in total. The number of esters is 2. The Balaban J connectivity index is 2.59. The summed E-state index contributed by atoms with van der Waals surface area (Å²) in [5.74, 6) is -6.04. The van der Waals surface area contributed by atoms with Gasteiger partial charge in [0, 0.05) is 12.3 Å². The van der Waals surface area contributed by atoms with Crippen molar-refractivity contribution in [3.8, 4) is 0 Å². The van der Waals surface area contributed by atoms with Gasteiger partial charge in [0.15, 0.2) is 5.78 Å². The Morgan fingerprint density at radius 3 is 2.07 bits per heavy atom. The number of aliphatic hydroxyl groups is 1. The molecule has 1 aliphatic carbocycles. The molecule has 0 aromatic heterocycles. The Kier molecular flexibility index (Phi) is 6.59. The number of ether oxygens (including phenoxy) is 2. The zero-order valence-corrected chi connectivity index (χ0v) is 16.8. The molecule has 0 aliphatic heterocycles. The van der Waals surface area contributed by atoms with Crippen LogP contribution in [-0.4, -0.2) is 40.6 Å². The summed E-state index contributed by atoms with van der Waals surface area (Å²) in [6.07, 6.45) is -1.30. The van der Waals surface area contributed by atoms with E-state index in [0.29, 0.717) is 5.56 Å². The highest BCUT2D eigenvalue weighted by atomic mass is 19.1. The van der Waals surface area contributed by atoms with Gasteiger partial charge in [-0.25, -0.2) is 4.39 Å². The van der Waals surface area contributed by atoms with Crippen LogP contribution in [0.1, 0.15) is 52.5 Å². The van der Waals surface area contributed by atoms with Crippen molar-refractivity contribution >= 4 is 17.7 Å². The highest BCUT2D eigenvalue weighted by molar-refractivity contribution is 6.02. The summed E-state index contributed by atoms with van der Waals surface area (Å²) < 4.78 is 24.0. The molecular formula is C21H27FO6. The molecule has 0 bridgehead atoms. The Morgan fingerprint density at radius 1 is 1.07 bits per heavy atom. The molecule has 0 heterocycles. The summed E-state index contributed by atoms with van der Waals surface area (Å²) in [7, 11) is 0. The van der Waals surface area contributed by atoms with Crippen molar-refractivity contribution in [1.29, 1.82) is 0 Å². The Bertz CT molecular complexity index is 730. The smallest absolute Gasteiger partial charge is 0.317 e. The van der Waals surface area contributed by atoms with E-state index in [9.17, 15) is 23.9 Å². The van der Waals surface area contributed by atoms with Crippen LogP contribution < -0.4 is 0 Å². The molecule has 1 saturated carbocycles. The third-order valence-electron chi connectivity index (χ3n) is 4.73. The molecule has 1 N–H and O–H groups in total. The molecule has 0 saturated heterocycles. The monoisotopic (exact) mass is 394 g/mol. The molecule has 0 radical (unpaired) electrons. The lowest BCUT2D eigenvalue weighted by molar-refractivity contribution is -0.176. The lowest BCUT2D eigenvalue weighted by atomic mass is 9.61. The summed E-state index contributed by atoms with van der Waals surface area (Å²) in [6.45, 7) is 8.01. The molecule has 1 aromatic rings. The quantitative estimate of drug-likeness (QED) is 0.610. The van der Waals surface area contributed by atoms with Crippen molar-refractivity contribution in [1.82, 2.24) is 0 Å². The predicted molar refractivity (Wildman–Crippen MR) is 98.8 cm³/mol. The third-order valence-corrected chi connectivity index (χ3v) is 4.73. The number of rotatable bonds is 5. The van der Waals surface area contributed by atoms with Crippen LogP contribution in [0.3, 0.4) is 0 Å². The fourth-order valence-electron chi connectivity index (χ4n) is 3.71. The van der Waals surface area contributed by atoms with Crippen LogP contribution in [0.4, 0.5) is 4.39 Å². The first-order valence-corrected chi connectivity index (χ1v) is 9.35. The Labute approximate surface area is 164 Å². The number of Topliss-reactive ketones (excluding diaryl/α,β-unsaturated/α-hetero) is 1. The molecular weight excluding hydrogens is 367 g/mol. The molecule has 1 aromatic carbocycles. The largest absolute Gasteiger partial charge is 0.463 e. The number of halogens is 1. The first-order chi connectivity index (χ1) is 12.9. The van der Waals surface area contributed by atoms with E-state index in [-0.39, 0.29) is 6.42 Å². The van der Waals surface area contributed by atoms with E-state index in [1.54, 1.807) is 27.7 Å². The van der Waals surface area contributed by atoms with Crippen LogP contribution in [0, 0.1) is 17.7 Å². The Hall–Kier alpha value is -2.28. The van der Waals surface area contributed by atoms with Gasteiger partial charge in [-0.3, -0.25) is 14.4 Å². The number of ketones is 1. The average Bonchev–Trinajstić information content (AvgIpc) is 2.52. The van der Waals surface area contributed by atoms with Crippen molar-refractivity contribution in [2.45, 2.75) is 64.8 Å². The first kappa shape index (κ1) is 22.0. The zero-order chi connectivity index (χ0) is 21.2. The van der Waals surface area contributed by atoms with Gasteiger partial charge in [0.25, 0.3) is 0 Å². The van der Waals surface area contributed by atoms with E-state index in [2.05, 4.69) is 0 Å². The molecule has 0 amide bonds. The number of benzene rings is 1. The number of hydrogen-bond donors (Lipinski definition) is 1. The molecule has 0 unspecified atom stereocenters. The van der Waals surface area contributed by atoms with Crippen LogP contribution >= 0.6 is 0 Å². The highest BCUT2D eigenvalue weighted by Gasteiger charge is 2.57. The molecule has 7 heteroatoms. The molecule has 4 atom stereocenters. The number of carbonyl (C=O) groups excluding carboxylic acids is 3. The summed E-state index contributed by atoms with van der Waals surface area (Å²) in [6, 6.07) is 5.16. The van der Waals surface area contributed by atoms with Crippen molar-refractivity contribution in [3.63, 3.8) is 0 Å². The minimum absolute atomic E-state index is 0.381. The normalized spacial score (nSPS) is 27.8. The van der Waals surface area contributed by atoms with Gasteiger partial charge in [0.05, 0.1) is 23.7 Å². The van der Waals surface area contributed by atoms with E-state index in [0.717, 1.165) is 0 Å². The zero-order valence-electron chi connectivity index (χ0n) is 16.8. The van der Waals surface area contributed by atoms with E-state index in [1.165, 1.54) is 31.2 Å². The van der Waals surface area contributed by atoms with Crippen molar-refractivity contribution < 1.29 is 33.4 Å². The van der Waals surface area contributed by atoms with Crippen molar-refractivity contribution in [2.24, 2.45) is 11.8 Å². The summed E-state index contributed by atoms with van der Waals surface area (Å²) >= 11 is 0. The van der Waals surface area contributed by atoms with E-state index in [4.69, 9.17) is 9.47 Å². The molecule has 1 aliphatic rings. The van der Waals surface area contributed by atoms with Crippen molar-refractivity contribution in [3.05, 3.63) is 35.6 Å². The predicted octanol–water partition coefficient (Wildman–Crippen LogP) is 2.77. The van der Waals surface area contributed by atoms with Gasteiger partial charge in [0.1, 0.15) is 11.7 Å². The van der Waals surface area contributed by atoms with Gasteiger partial charge in [-0.2, -0.15) is 0 Å². The van der Waals surface area contributed by atoms with Gasteiger partial charge in [-0.05, 0) is 52.3 Å². The minimum atomic E-state index is -1.73. The van der Waals surface area contributed by atoms with Crippen LogP contribution in [0.2, 0.25) is 0 Å². The lowest BCUT2D eigenvalue weighted by Crippen LogP contribution is -2.55. The summed E-state index contributed by atoms with van der Waals surface area (Å²) in [4.78, 5) is 38.4. The first-order valence-electron chi connectivity index (χ1n) is 9.35. The summed E-state index contributed by atoms with van der Waals surface area (Å²) in [5.41, 5.74) is -1.34. The van der Waals surface area contributed by atoms with Crippen LogP contribution in [0.25, 0.3) is 0 Å². The number of carbonyl (C=O) groups is 3. The molecule has 1 fully saturated rings. The maximum atomic E-state index is 13.4. The SMILES string of the molecule is CC(C)OC(=O)[C@H]1C(=O)C[C@@](C)(O)[C@H](C(=O)OC(C)C)[C@H]1c1ccc(F)cc1. The maximum Gasteiger partial charge on any atom is 0.317 e. The summed E-state index contributed by atoms with van der Waals surface area (Å²) in [5, 5.41) is 10.9. The van der Waals surface area contributed by atoms with Gasteiger partial charge in [-0.15, -0.1) is 0 Å². The Morgan fingerprint density at radius 2 is 1.57 bits per heavy atom. The van der Waals surface area contributed by atoms with Gasteiger partial charge in [-0.1, -0.05) is 12.1 Å². The van der Waals surface area contributed by atoms with E-state index in [1.807, 2.05) is 0 Å². The van der Waals surface area contributed by atoms with E-state index >= 15 is 0 Å². The topological polar surface area (TPSA) is 89.9 Å². The van der Waals surface area contributed by atoms with Gasteiger partial charge < -0.3 is 14.6 Å². The maximum absolute atomic E-state index is 13.4. The average molecular weight is 394 g/mol. The standard InChI is InChI=1S/C21H27FO6/c1-11(2)27-19(24)17-15(23)10-21(5,26)18(20(25)28-12(3)4)16(17)13-6-8-14(22)9-7-13/h6-9,11-12,16-18,26H,10H2,1-5H3/t16-,17-,18-,21+/m0/s1. The van der Waals surface area contributed by atoms with Crippen LogP contribution in [-0.2, 0) is 23.9 Å². The van der Waals surface area contributed by atoms with Gasteiger partial charge >= 0.3 is 11.9 Å². The fourth-order valence-corrected chi connectivity index (χ4v) is 3.71. The molecule has 2 rings (SSSR count). The highest BCUT2D eigenvalue weighted by Crippen LogP contribution is 2.47.